The van der Waals surface area contributed by atoms with Crippen LogP contribution in [0.15, 0.2) is 41.3 Å². The summed E-state index contributed by atoms with van der Waals surface area (Å²) < 4.78 is 5.11. The van der Waals surface area contributed by atoms with Gasteiger partial charge in [0.25, 0.3) is 0 Å². The van der Waals surface area contributed by atoms with E-state index in [1.807, 2.05) is 37.3 Å². The molecule has 0 amide bonds. The number of benzene rings is 1. The van der Waals surface area contributed by atoms with Crippen molar-refractivity contribution in [2.45, 2.75) is 6.92 Å². The van der Waals surface area contributed by atoms with Crippen LogP contribution in [-0.4, -0.2) is 12.9 Å². The average molecular weight is 246 g/mol. The highest BCUT2D eigenvalue weighted by atomic mass is 32.1. The molecule has 1 aromatic rings. The van der Waals surface area contributed by atoms with Crippen molar-refractivity contribution in [1.82, 2.24) is 0 Å². The third-order valence-corrected chi connectivity index (χ3v) is 3.56. The molecule has 2 rings (SSSR count). The topological polar surface area (TPSA) is 26.3 Å². The Kier molecular flexibility index (Phi) is 3.38. The monoisotopic (exact) mass is 246 g/mol. The predicted molar refractivity (Wildman–Crippen MR) is 72.2 cm³/mol. The van der Waals surface area contributed by atoms with Gasteiger partial charge in [0.05, 0.1) is 13.0 Å². The summed E-state index contributed by atoms with van der Waals surface area (Å²) in [6.45, 7) is 1.87. The second-order valence-electron chi connectivity index (χ2n) is 3.98. The van der Waals surface area contributed by atoms with Crippen LogP contribution in [0.3, 0.4) is 0 Å². The maximum atomic E-state index is 11.5. The molecule has 1 aliphatic carbocycles. The standard InChI is InChI=1S/C14H14O2S/c1-9-13(15)8-7-12(14(9)17)10-3-5-11(16-2)6-4-10/h3-9,17H,1-2H3. The second kappa shape index (κ2) is 4.80. The fourth-order valence-electron chi connectivity index (χ4n) is 1.78. The molecular formula is C14H14O2S. The maximum absolute atomic E-state index is 11.5. The Morgan fingerprint density at radius 3 is 2.41 bits per heavy atom. The van der Waals surface area contributed by atoms with Crippen molar-refractivity contribution in [1.29, 1.82) is 0 Å². The summed E-state index contributed by atoms with van der Waals surface area (Å²) in [6.07, 6.45) is 3.44. The molecular weight excluding hydrogens is 232 g/mol. The molecule has 2 nitrogen and oxygen atoms in total. The van der Waals surface area contributed by atoms with Crippen molar-refractivity contribution < 1.29 is 9.53 Å². The summed E-state index contributed by atoms with van der Waals surface area (Å²) in [4.78, 5) is 12.3. The van der Waals surface area contributed by atoms with Crippen LogP contribution in [-0.2, 0) is 4.79 Å². The molecule has 1 aromatic carbocycles. The molecule has 17 heavy (non-hydrogen) atoms. The molecule has 0 bridgehead atoms. The number of hydrogen-bond acceptors (Lipinski definition) is 3. The van der Waals surface area contributed by atoms with Crippen molar-refractivity contribution in [3.8, 4) is 5.75 Å². The van der Waals surface area contributed by atoms with Crippen LogP contribution in [0.1, 0.15) is 12.5 Å². The Morgan fingerprint density at radius 1 is 1.18 bits per heavy atom. The van der Waals surface area contributed by atoms with Crippen LogP contribution in [0.4, 0.5) is 0 Å². The molecule has 0 fully saturated rings. The fraction of sp³-hybridized carbons (Fsp3) is 0.214. The lowest BCUT2D eigenvalue weighted by Crippen LogP contribution is -2.12. The van der Waals surface area contributed by atoms with Gasteiger partial charge in [0, 0.05) is 0 Å². The van der Waals surface area contributed by atoms with Gasteiger partial charge in [-0.05, 0) is 34.3 Å². The summed E-state index contributed by atoms with van der Waals surface area (Å²) in [6, 6.07) is 7.74. The largest absolute Gasteiger partial charge is 0.497 e. The summed E-state index contributed by atoms with van der Waals surface area (Å²) in [5.74, 6) is 0.770. The molecule has 0 aromatic heterocycles. The Labute approximate surface area is 106 Å². The Hall–Kier alpha value is -1.48. The van der Waals surface area contributed by atoms with Crippen molar-refractivity contribution in [2.24, 2.45) is 5.92 Å². The first-order valence-electron chi connectivity index (χ1n) is 5.43. The minimum Gasteiger partial charge on any atom is -0.497 e. The summed E-state index contributed by atoms with van der Waals surface area (Å²) in [5, 5.41) is 0. The van der Waals surface area contributed by atoms with Gasteiger partial charge in [-0.1, -0.05) is 25.1 Å². The first kappa shape index (κ1) is 12.0. The van der Waals surface area contributed by atoms with E-state index in [2.05, 4.69) is 12.6 Å². The van der Waals surface area contributed by atoms with E-state index >= 15 is 0 Å². The van der Waals surface area contributed by atoms with Gasteiger partial charge in [-0.2, -0.15) is 0 Å². The van der Waals surface area contributed by atoms with E-state index < -0.39 is 0 Å². The summed E-state index contributed by atoms with van der Waals surface area (Å²) >= 11 is 4.45. The first-order chi connectivity index (χ1) is 8.13. The molecule has 0 aliphatic heterocycles. The van der Waals surface area contributed by atoms with Crippen LogP contribution >= 0.6 is 12.6 Å². The number of hydrogen-bond donors (Lipinski definition) is 1. The van der Waals surface area contributed by atoms with Crippen LogP contribution in [0.2, 0.25) is 0 Å². The highest BCUT2D eigenvalue weighted by Gasteiger charge is 2.20. The van der Waals surface area contributed by atoms with Crippen LogP contribution in [0, 0.1) is 5.92 Å². The van der Waals surface area contributed by atoms with E-state index in [0.29, 0.717) is 0 Å². The molecule has 0 radical (unpaired) electrons. The highest BCUT2D eigenvalue weighted by Crippen LogP contribution is 2.32. The van der Waals surface area contributed by atoms with Crippen LogP contribution in [0.25, 0.3) is 5.57 Å². The predicted octanol–water partition coefficient (Wildman–Crippen LogP) is 3.11. The smallest absolute Gasteiger partial charge is 0.163 e. The number of allylic oxidation sites excluding steroid dienone is 4. The third kappa shape index (κ3) is 2.29. The maximum Gasteiger partial charge on any atom is 0.163 e. The van der Waals surface area contributed by atoms with Crippen molar-refractivity contribution in [3.05, 3.63) is 46.9 Å². The summed E-state index contributed by atoms with van der Waals surface area (Å²) in [5.41, 5.74) is 2.05. The number of ether oxygens (including phenoxy) is 1. The number of carbonyl (C=O) groups is 1. The quantitative estimate of drug-likeness (QED) is 0.811. The van der Waals surface area contributed by atoms with Gasteiger partial charge in [-0.3, -0.25) is 4.79 Å². The van der Waals surface area contributed by atoms with E-state index in [1.165, 1.54) is 0 Å². The van der Waals surface area contributed by atoms with Gasteiger partial charge in [-0.15, -0.1) is 12.6 Å². The van der Waals surface area contributed by atoms with Gasteiger partial charge in [0.2, 0.25) is 0 Å². The molecule has 0 spiro atoms. The minimum absolute atomic E-state index is 0.104. The summed E-state index contributed by atoms with van der Waals surface area (Å²) in [7, 11) is 1.64. The molecule has 0 saturated heterocycles. The van der Waals surface area contributed by atoms with Gasteiger partial charge in [-0.25, -0.2) is 0 Å². The number of carbonyl (C=O) groups excluding carboxylic acids is 1. The van der Waals surface area contributed by atoms with Crippen molar-refractivity contribution in [2.75, 3.05) is 7.11 Å². The highest BCUT2D eigenvalue weighted by molar-refractivity contribution is 7.84. The van der Waals surface area contributed by atoms with Gasteiger partial charge in [0.1, 0.15) is 5.75 Å². The van der Waals surface area contributed by atoms with Gasteiger partial charge < -0.3 is 4.74 Å². The molecule has 1 atom stereocenters. The lowest BCUT2D eigenvalue weighted by Gasteiger charge is -2.17. The van der Waals surface area contributed by atoms with E-state index in [4.69, 9.17) is 4.74 Å². The van der Waals surface area contributed by atoms with Crippen molar-refractivity contribution in [3.63, 3.8) is 0 Å². The number of methoxy groups -OCH3 is 1. The zero-order valence-electron chi connectivity index (χ0n) is 9.81. The van der Waals surface area contributed by atoms with E-state index in [1.54, 1.807) is 13.2 Å². The SMILES string of the molecule is COc1ccc(C2=C(S)C(C)C(=O)C=C2)cc1. The molecule has 1 aliphatic rings. The molecule has 0 saturated carbocycles. The van der Waals surface area contributed by atoms with Crippen LogP contribution < -0.4 is 4.74 Å². The van der Waals surface area contributed by atoms with E-state index in [9.17, 15) is 4.79 Å². The van der Waals surface area contributed by atoms with Crippen LogP contribution in [0.5, 0.6) is 5.75 Å². The molecule has 0 N–H and O–H groups in total. The Balaban J connectivity index is 2.39. The number of ketones is 1. The normalized spacial score (nSPS) is 19.7. The molecule has 0 heterocycles. The van der Waals surface area contributed by atoms with Gasteiger partial charge >= 0.3 is 0 Å². The van der Waals surface area contributed by atoms with Crippen molar-refractivity contribution >= 4 is 24.0 Å². The number of rotatable bonds is 2. The van der Waals surface area contributed by atoms with E-state index in [-0.39, 0.29) is 11.7 Å². The fourth-order valence-corrected chi connectivity index (χ4v) is 2.11. The minimum atomic E-state index is -0.152. The molecule has 88 valence electrons. The zero-order valence-corrected chi connectivity index (χ0v) is 10.7. The number of thiol groups is 1. The zero-order chi connectivity index (χ0) is 12.4. The third-order valence-electron chi connectivity index (χ3n) is 2.93. The van der Waals surface area contributed by atoms with E-state index in [0.717, 1.165) is 21.8 Å². The second-order valence-corrected chi connectivity index (χ2v) is 4.47. The molecule has 3 heteroatoms. The Morgan fingerprint density at radius 2 is 1.82 bits per heavy atom. The van der Waals surface area contributed by atoms with Gasteiger partial charge in [0.15, 0.2) is 5.78 Å². The lowest BCUT2D eigenvalue weighted by atomic mass is 9.92. The average Bonchev–Trinajstić information content (AvgIpc) is 2.36. The first-order valence-corrected chi connectivity index (χ1v) is 5.87. The lowest BCUT2D eigenvalue weighted by molar-refractivity contribution is -0.116. The Bertz CT molecular complexity index is 497. The molecule has 1 unspecified atom stereocenters.